The van der Waals surface area contributed by atoms with Gasteiger partial charge in [-0.25, -0.2) is 0 Å². The van der Waals surface area contributed by atoms with Gasteiger partial charge in [0.25, 0.3) is 0 Å². The van der Waals surface area contributed by atoms with Crippen LogP contribution in [0.1, 0.15) is 12.2 Å². The smallest absolute Gasteiger partial charge is 0.175 e. The molecular formula is C12H15N5O2. The number of benzene rings is 1. The van der Waals surface area contributed by atoms with E-state index in [1.165, 1.54) is 4.80 Å². The first kappa shape index (κ1) is 11.9. The third-order valence-corrected chi connectivity index (χ3v) is 2.82. The number of tetrazole rings is 1. The molecule has 2 N–H and O–H groups in total. The third kappa shape index (κ3) is 2.50. The average molecular weight is 261 g/mol. The lowest BCUT2D eigenvalue weighted by Crippen LogP contribution is -2.15. The molecule has 0 unspecified atom stereocenters. The number of nitrogens with zero attached hydrogens (tertiary/aromatic N) is 4. The van der Waals surface area contributed by atoms with E-state index in [1.807, 2.05) is 18.2 Å². The van der Waals surface area contributed by atoms with Gasteiger partial charge in [0.15, 0.2) is 17.3 Å². The number of aromatic nitrogens is 4. The van der Waals surface area contributed by atoms with E-state index in [0.717, 1.165) is 24.3 Å². The van der Waals surface area contributed by atoms with E-state index in [2.05, 4.69) is 15.4 Å². The second kappa shape index (κ2) is 5.23. The largest absolute Gasteiger partial charge is 0.486 e. The Bertz CT molecular complexity index is 569. The maximum Gasteiger partial charge on any atom is 0.175 e. The predicted molar refractivity (Wildman–Crippen MR) is 67.5 cm³/mol. The molecule has 3 rings (SSSR count). The van der Waals surface area contributed by atoms with Crippen molar-refractivity contribution in [2.24, 2.45) is 5.73 Å². The minimum atomic E-state index is 0.559. The zero-order valence-electron chi connectivity index (χ0n) is 10.5. The van der Waals surface area contributed by atoms with Gasteiger partial charge in [-0.15, -0.1) is 15.0 Å². The summed E-state index contributed by atoms with van der Waals surface area (Å²) in [5.41, 5.74) is 6.26. The van der Waals surface area contributed by atoms with E-state index in [0.29, 0.717) is 31.3 Å². The topological polar surface area (TPSA) is 88.1 Å². The first-order valence-corrected chi connectivity index (χ1v) is 6.26. The Balaban J connectivity index is 1.83. The fraction of sp³-hybridized carbons (Fsp3) is 0.417. The number of rotatable bonds is 4. The van der Waals surface area contributed by atoms with Crippen molar-refractivity contribution >= 4 is 0 Å². The van der Waals surface area contributed by atoms with Crippen molar-refractivity contribution in [1.82, 2.24) is 20.2 Å². The van der Waals surface area contributed by atoms with Crippen LogP contribution in [0.3, 0.4) is 0 Å². The zero-order chi connectivity index (χ0) is 13.1. The van der Waals surface area contributed by atoms with Gasteiger partial charge in [0, 0.05) is 12.5 Å². The molecule has 0 atom stereocenters. The standard InChI is InChI=1S/C12H15N5O2/c13-5-1-2-12-14-16-17(15-12)9-3-4-10-11(8-9)19-7-6-18-10/h3-4,8H,1-2,5-7,13H2. The molecule has 1 aliphatic rings. The van der Waals surface area contributed by atoms with E-state index < -0.39 is 0 Å². The van der Waals surface area contributed by atoms with Gasteiger partial charge in [0.2, 0.25) is 0 Å². The van der Waals surface area contributed by atoms with Gasteiger partial charge in [0.1, 0.15) is 13.2 Å². The summed E-state index contributed by atoms with van der Waals surface area (Å²) in [6.45, 7) is 1.76. The Hall–Kier alpha value is -2.15. The van der Waals surface area contributed by atoms with Crippen LogP contribution in [0.4, 0.5) is 0 Å². The maximum absolute atomic E-state index is 5.53. The summed E-state index contributed by atoms with van der Waals surface area (Å²) >= 11 is 0. The van der Waals surface area contributed by atoms with E-state index in [1.54, 1.807) is 0 Å². The van der Waals surface area contributed by atoms with Crippen molar-refractivity contribution in [3.63, 3.8) is 0 Å². The van der Waals surface area contributed by atoms with Gasteiger partial charge in [-0.2, -0.15) is 0 Å². The van der Waals surface area contributed by atoms with Crippen molar-refractivity contribution in [3.8, 4) is 17.2 Å². The van der Waals surface area contributed by atoms with Crippen LogP contribution in [-0.4, -0.2) is 40.0 Å². The van der Waals surface area contributed by atoms with E-state index in [4.69, 9.17) is 15.2 Å². The van der Waals surface area contributed by atoms with E-state index in [9.17, 15) is 0 Å². The zero-order valence-corrected chi connectivity index (χ0v) is 10.5. The summed E-state index contributed by atoms with van der Waals surface area (Å²) < 4.78 is 11.0. The van der Waals surface area contributed by atoms with Crippen LogP contribution in [-0.2, 0) is 6.42 Å². The summed E-state index contributed by atoms with van der Waals surface area (Å²) in [5.74, 6) is 2.16. The lowest BCUT2D eigenvalue weighted by molar-refractivity contribution is 0.171. The molecule has 0 saturated carbocycles. The Morgan fingerprint density at radius 2 is 2.05 bits per heavy atom. The molecule has 1 aliphatic heterocycles. The van der Waals surface area contributed by atoms with Crippen LogP contribution < -0.4 is 15.2 Å². The monoisotopic (exact) mass is 261 g/mol. The Morgan fingerprint density at radius 3 is 2.89 bits per heavy atom. The molecule has 0 bridgehead atoms. The molecule has 0 radical (unpaired) electrons. The third-order valence-electron chi connectivity index (χ3n) is 2.82. The molecule has 1 aromatic carbocycles. The molecule has 0 spiro atoms. The Morgan fingerprint density at radius 1 is 1.21 bits per heavy atom. The van der Waals surface area contributed by atoms with Crippen LogP contribution in [0.5, 0.6) is 11.5 Å². The van der Waals surface area contributed by atoms with Crippen molar-refractivity contribution in [2.45, 2.75) is 12.8 Å². The van der Waals surface area contributed by atoms with Crippen LogP contribution in [0.2, 0.25) is 0 Å². The highest BCUT2D eigenvalue weighted by molar-refractivity contribution is 5.48. The van der Waals surface area contributed by atoms with Crippen LogP contribution >= 0.6 is 0 Å². The first-order chi connectivity index (χ1) is 9.36. The molecular weight excluding hydrogens is 246 g/mol. The summed E-state index contributed by atoms with van der Waals surface area (Å²) in [6.07, 6.45) is 1.59. The SMILES string of the molecule is NCCCc1nnn(-c2ccc3c(c2)OCCO3)n1. The number of hydrogen-bond donors (Lipinski definition) is 1. The molecule has 0 saturated heterocycles. The Labute approximate surface area is 110 Å². The minimum Gasteiger partial charge on any atom is -0.486 e. The lowest BCUT2D eigenvalue weighted by Gasteiger charge is -2.18. The normalized spacial score (nSPS) is 13.5. The van der Waals surface area contributed by atoms with Crippen LogP contribution in [0.25, 0.3) is 5.69 Å². The van der Waals surface area contributed by atoms with Gasteiger partial charge in [-0.3, -0.25) is 0 Å². The number of fused-ring (bicyclic) bond motifs is 1. The van der Waals surface area contributed by atoms with Gasteiger partial charge >= 0.3 is 0 Å². The molecule has 0 fully saturated rings. The summed E-state index contributed by atoms with van der Waals surface area (Å²) in [5, 5.41) is 12.3. The van der Waals surface area contributed by atoms with Crippen molar-refractivity contribution in [3.05, 3.63) is 24.0 Å². The number of nitrogens with two attached hydrogens (primary N) is 1. The molecule has 0 amide bonds. The van der Waals surface area contributed by atoms with Crippen LogP contribution in [0, 0.1) is 0 Å². The predicted octanol–water partition coefficient (Wildman–Crippen LogP) is 0.325. The van der Waals surface area contributed by atoms with Gasteiger partial charge in [0.05, 0.1) is 5.69 Å². The summed E-state index contributed by atoms with van der Waals surface area (Å²) in [4.78, 5) is 1.49. The fourth-order valence-corrected chi connectivity index (χ4v) is 1.87. The number of hydrogen-bond acceptors (Lipinski definition) is 6. The molecule has 7 heteroatoms. The van der Waals surface area contributed by atoms with Crippen molar-refractivity contribution < 1.29 is 9.47 Å². The molecule has 0 aliphatic carbocycles. The van der Waals surface area contributed by atoms with Crippen molar-refractivity contribution in [1.29, 1.82) is 0 Å². The van der Waals surface area contributed by atoms with Gasteiger partial charge in [-0.05, 0) is 30.3 Å². The highest BCUT2D eigenvalue weighted by Crippen LogP contribution is 2.31. The molecule has 19 heavy (non-hydrogen) atoms. The van der Waals surface area contributed by atoms with Gasteiger partial charge in [-0.1, -0.05) is 0 Å². The highest BCUT2D eigenvalue weighted by atomic mass is 16.6. The summed E-state index contributed by atoms with van der Waals surface area (Å²) in [6, 6.07) is 5.58. The summed E-state index contributed by atoms with van der Waals surface area (Å²) in [7, 11) is 0. The second-order valence-corrected chi connectivity index (χ2v) is 4.22. The molecule has 2 aromatic rings. The lowest BCUT2D eigenvalue weighted by atomic mass is 10.2. The second-order valence-electron chi connectivity index (χ2n) is 4.22. The van der Waals surface area contributed by atoms with Crippen LogP contribution in [0.15, 0.2) is 18.2 Å². The van der Waals surface area contributed by atoms with Crippen molar-refractivity contribution in [2.75, 3.05) is 19.8 Å². The minimum absolute atomic E-state index is 0.559. The molecule has 7 nitrogen and oxygen atoms in total. The number of aryl methyl sites for hydroxylation is 1. The van der Waals surface area contributed by atoms with Gasteiger partial charge < -0.3 is 15.2 Å². The number of ether oxygens (including phenoxy) is 2. The average Bonchev–Trinajstić information content (AvgIpc) is 2.93. The molecule has 100 valence electrons. The Kier molecular flexibility index (Phi) is 3.28. The maximum atomic E-state index is 5.53. The van der Waals surface area contributed by atoms with E-state index in [-0.39, 0.29) is 0 Å². The highest BCUT2D eigenvalue weighted by Gasteiger charge is 2.13. The van der Waals surface area contributed by atoms with E-state index >= 15 is 0 Å². The molecule has 2 heterocycles. The first-order valence-electron chi connectivity index (χ1n) is 6.26. The quantitative estimate of drug-likeness (QED) is 0.853. The molecule has 1 aromatic heterocycles. The fourth-order valence-electron chi connectivity index (χ4n) is 1.87.